The fourth-order valence-corrected chi connectivity index (χ4v) is 2.28. The van der Waals surface area contributed by atoms with E-state index in [2.05, 4.69) is 0 Å². The zero-order valence-electron chi connectivity index (χ0n) is 9.20. The molecule has 3 aromatic carbocycles. The van der Waals surface area contributed by atoms with Crippen LogP contribution in [0.5, 0.6) is 0 Å². The smallest absolute Gasteiger partial charge is 0.190 e. The van der Waals surface area contributed by atoms with Crippen molar-refractivity contribution in [2.75, 3.05) is 0 Å². The first-order valence-corrected chi connectivity index (χ1v) is 5.31. The van der Waals surface area contributed by atoms with Crippen LogP contribution < -0.4 is 16.2 Å². The molecule has 0 aliphatic carbocycles. The first-order chi connectivity index (χ1) is 8.09. The van der Waals surface area contributed by atoms with Crippen LogP contribution in [0, 0.1) is 12.3 Å². The molecule has 0 aliphatic heterocycles. The molecule has 0 saturated carbocycles. The third kappa shape index (κ3) is 1.19. The van der Waals surface area contributed by atoms with Crippen LogP contribution in [0.4, 0.5) is 0 Å². The summed E-state index contributed by atoms with van der Waals surface area (Å²) in [4.78, 5) is 24.0. The predicted octanol–water partition coefficient (Wildman–Crippen LogP) is 1.38. The molecule has 0 aliphatic rings. The third-order valence-corrected chi connectivity index (χ3v) is 3.13. The van der Waals surface area contributed by atoms with Gasteiger partial charge < -0.3 is 5.41 Å². The van der Waals surface area contributed by atoms with Gasteiger partial charge in [-0.15, -0.1) is 0 Å². The van der Waals surface area contributed by atoms with Crippen LogP contribution in [-0.4, -0.2) is 0 Å². The molecule has 1 N–H and O–H groups in total. The highest BCUT2D eigenvalue weighted by atomic mass is 16.1. The zero-order chi connectivity index (χ0) is 12.2. The molecule has 3 aromatic rings. The molecule has 0 fully saturated rings. The highest BCUT2D eigenvalue weighted by molar-refractivity contribution is 6.07. The topological polar surface area (TPSA) is 58.0 Å². The quantitative estimate of drug-likeness (QED) is 0.626. The van der Waals surface area contributed by atoms with Crippen molar-refractivity contribution in [1.82, 2.24) is 0 Å². The molecule has 0 unspecified atom stereocenters. The summed E-state index contributed by atoms with van der Waals surface area (Å²) in [5.41, 5.74) is 0.139. The standard InChI is InChI=1S/C14H9NO2/c1-7-6-11(16)9-4-2-8-3-5-10(15)12(8)13(9)14(7)17/h2-6,15H,1H3. The summed E-state index contributed by atoms with van der Waals surface area (Å²) in [5.74, 6) is 0. The summed E-state index contributed by atoms with van der Waals surface area (Å²) in [6.07, 6.45) is 0. The molecule has 0 radical (unpaired) electrons. The lowest BCUT2D eigenvalue weighted by Crippen LogP contribution is -2.15. The fraction of sp³-hybridized carbons (Fsp3) is 0.0714. The van der Waals surface area contributed by atoms with Crippen molar-refractivity contribution in [3.05, 3.63) is 61.7 Å². The van der Waals surface area contributed by atoms with Gasteiger partial charge in [0, 0.05) is 21.7 Å². The molecule has 0 atom stereocenters. The van der Waals surface area contributed by atoms with Gasteiger partial charge in [-0.25, -0.2) is 0 Å². The maximum absolute atomic E-state index is 12.1. The Balaban J connectivity index is 2.86. The highest BCUT2D eigenvalue weighted by Gasteiger charge is 2.10. The number of hydrogen-bond acceptors (Lipinski definition) is 3. The Hall–Kier alpha value is -2.29. The van der Waals surface area contributed by atoms with E-state index in [4.69, 9.17) is 5.41 Å². The van der Waals surface area contributed by atoms with Crippen LogP contribution in [0.15, 0.2) is 39.9 Å². The van der Waals surface area contributed by atoms with Crippen LogP contribution in [0.3, 0.4) is 0 Å². The van der Waals surface area contributed by atoms with Crippen molar-refractivity contribution in [2.24, 2.45) is 0 Å². The van der Waals surface area contributed by atoms with Gasteiger partial charge in [-0.05, 0) is 30.5 Å². The van der Waals surface area contributed by atoms with Crippen molar-refractivity contribution >= 4 is 21.5 Å². The summed E-state index contributed by atoms with van der Waals surface area (Å²) in [7, 11) is 0. The van der Waals surface area contributed by atoms with Crippen LogP contribution in [0.25, 0.3) is 21.5 Å². The normalized spacial score (nSPS) is 11.4. The molecule has 3 rings (SSSR count). The summed E-state index contributed by atoms with van der Waals surface area (Å²) < 4.78 is 0. The van der Waals surface area contributed by atoms with Crippen LogP contribution in [0.1, 0.15) is 5.56 Å². The number of rotatable bonds is 0. The molecular formula is C14H9NO2. The van der Waals surface area contributed by atoms with Gasteiger partial charge in [-0.2, -0.15) is 0 Å². The zero-order valence-corrected chi connectivity index (χ0v) is 9.20. The van der Waals surface area contributed by atoms with E-state index >= 15 is 0 Å². The molecule has 0 saturated heterocycles. The van der Waals surface area contributed by atoms with Gasteiger partial charge in [0.1, 0.15) is 0 Å². The number of aryl methyl sites for hydroxylation is 1. The van der Waals surface area contributed by atoms with Crippen molar-refractivity contribution < 1.29 is 0 Å². The summed E-state index contributed by atoms with van der Waals surface area (Å²) in [6, 6.07) is 8.26. The van der Waals surface area contributed by atoms with E-state index in [1.54, 1.807) is 31.2 Å². The summed E-state index contributed by atoms with van der Waals surface area (Å²) >= 11 is 0. The third-order valence-electron chi connectivity index (χ3n) is 3.13. The SMILES string of the molecule is Cc1cc(=O)c2ccc3ccc(=N)c3c2c1=O. The molecule has 3 nitrogen and oxygen atoms in total. The lowest BCUT2D eigenvalue weighted by Gasteiger charge is -1.99. The second kappa shape index (κ2) is 3.10. The summed E-state index contributed by atoms with van der Waals surface area (Å²) in [5, 5.41) is 10.4. The van der Waals surface area contributed by atoms with E-state index < -0.39 is 0 Å². The molecule has 0 heterocycles. The van der Waals surface area contributed by atoms with Crippen LogP contribution in [0.2, 0.25) is 0 Å². The molecule has 0 amide bonds. The first kappa shape index (κ1) is 9.90. The van der Waals surface area contributed by atoms with Crippen molar-refractivity contribution in [1.29, 1.82) is 5.41 Å². The predicted molar refractivity (Wildman–Crippen MR) is 67.0 cm³/mol. The van der Waals surface area contributed by atoms with E-state index in [0.717, 1.165) is 5.39 Å². The molecule has 17 heavy (non-hydrogen) atoms. The monoisotopic (exact) mass is 223 g/mol. The maximum atomic E-state index is 12.1. The molecule has 0 aromatic heterocycles. The Morgan fingerprint density at radius 1 is 1.00 bits per heavy atom. The van der Waals surface area contributed by atoms with Gasteiger partial charge in [0.25, 0.3) is 0 Å². The molecule has 3 heteroatoms. The van der Waals surface area contributed by atoms with Crippen molar-refractivity contribution in [3.8, 4) is 0 Å². The molecular weight excluding hydrogens is 214 g/mol. The van der Waals surface area contributed by atoms with Crippen LogP contribution in [-0.2, 0) is 0 Å². The average Bonchev–Trinajstić information content (AvgIpc) is 2.68. The minimum atomic E-state index is -0.153. The Labute approximate surface area is 96.2 Å². The average molecular weight is 223 g/mol. The van der Waals surface area contributed by atoms with E-state index in [1.807, 2.05) is 0 Å². The molecule has 82 valence electrons. The number of fused-ring (bicyclic) bond motifs is 3. The molecule has 0 spiro atoms. The number of hydrogen-bond donors (Lipinski definition) is 1. The maximum Gasteiger partial charge on any atom is 0.190 e. The van der Waals surface area contributed by atoms with Gasteiger partial charge in [0.2, 0.25) is 0 Å². The van der Waals surface area contributed by atoms with Gasteiger partial charge in [0.15, 0.2) is 10.9 Å². The van der Waals surface area contributed by atoms with Gasteiger partial charge >= 0.3 is 0 Å². The van der Waals surface area contributed by atoms with Crippen molar-refractivity contribution in [2.45, 2.75) is 6.92 Å². The largest absolute Gasteiger partial charge is 0.300 e. The van der Waals surface area contributed by atoms with Crippen molar-refractivity contribution in [3.63, 3.8) is 0 Å². The van der Waals surface area contributed by atoms with Crippen LogP contribution >= 0.6 is 0 Å². The number of benzene rings is 2. The van der Waals surface area contributed by atoms with Gasteiger partial charge in [-0.3, -0.25) is 9.59 Å². The fourth-order valence-electron chi connectivity index (χ4n) is 2.28. The Morgan fingerprint density at radius 2 is 1.71 bits per heavy atom. The van der Waals surface area contributed by atoms with Gasteiger partial charge in [-0.1, -0.05) is 12.1 Å². The number of nitrogens with one attached hydrogen (secondary N) is 1. The lowest BCUT2D eigenvalue weighted by molar-refractivity contribution is 1.33. The molecule has 0 bridgehead atoms. The lowest BCUT2D eigenvalue weighted by atomic mass is 10.0. The van der Waals surface area contributed by atoms with E-state index in [9.17, 15) is 9.59 Å². The van der Waals surface area contributed by atoms with E-state index in [1.165, 1.54) is 6.07 Å². The second-order valence-corrected chi connectivity index (χ2v) is 4.22. The van der Waals surface area contributed by atoms with E-state index in [0.29, 0.717) is 27.1 Å². The summed E-state index contributed by atoms with van der Waals surface area (Å²) in [6.45, 7) is 1.63. The van der Waals surface area contributed by atoms with Gasteiger partial charge in [0.05, 0.1) is 5.36 Å². The second-order valence-electron chi connectivity index (χ2n) is 4.22. The Kier molecular flexibility index (Phi) is 1.81. The Bertz CT molecular complexity index is 900. The minimum absolute atomic E-state index is 0.148. The van der Waals surface area contributed by atoms with E-state index in [-0.39, 0.29) is 10.9 Å². The highest BCUT2D eigenvalue weighted by Crippen LogP contribution is 2.18. The first-order valence-electron chi connectivity index (χ1n) is 5.31. The Morgan fingerprint density at radius 3 is 2.47 bits per heavy atom. The minimum Gasteiger partial charge on any atom is -0.300 e.